The lowest BCUT2D eigenvalue weighted by Crippen LogP contribution is -2.00. The summed E-state index contributed by atoms with van der Waals surface area (Å²) in [5.74, 6) is -0.317. The number of hydrogen-bond acceptors (Lipinski definition) is 2. The van der Waals surface area contributed by atoms with Crippen molar-refractivity contribution in [3.05, 3.63) is 72.5 Å². The summed E-state index contributed by atoms with van der Waals surface area (Å²) < 4.78 is 5.10. The summed E-state index contributed by atoms with van der Waals surface area (Å²) in [7, 11) is 0. The third-order valence-electron chi connectivity index (χ3n) is 3.22. The third-order valence-corrected chi connectivity index (χ3v) is 3.22. The van der Waals surface area contributed by atoms with E-state index in [9.17, 15) is 4.79 Å². The van der Waals surface area contributed by atoms with Crippen LogP contribution in [-0.2, 0) is 4.74 Å². The van der Waals surface area contributed by atoms with Crippen LogP contribution in [0.2, 0.25) is 0 Å². The van der Waals surface area contributed by atoms with E-state index in [1.807, 2.05) is 48.5 Å². The van der Waals surface area contributed by atoms with Crippen LogP contribution in [0.1, 0.15) is 36.5 Å². The van der Waals surface area contributed by atoms with E-state index < -0.39 is 0 Å². The molecule has 0 spiro atoms. The zero-order chi connectivity index (χ0) is 14.9. The first kappa shape index (κ1) is 15.0. The summed E-state index contributed by atoms with van der Waals surface area (Å²) in [5, 5.41) is 0. The Morgan fingerprint density at radius 1 is 1.00 bits per heavy atom. The normalized spacial score (nSPS) is 10.7. The molecule has 2 rings (SSSR count). The van der Waals surface area contributed by atoms with E-state index in [1.165, 1.54) is 6.26 Å². The molecule has 2 aromatic carbocycles. The van der Waals surface area contributed by atoms with Gasteiger partial charge in [0.1, 0.15) is 0 Å². The predicted octanol–water partition coefficient (Wildman–Crippen LogP) is 5.21. The lowest BCUT2D eigenvalue weighted by molar-refractivity contribution is 0.0662. The van der Waals surface area contributed by atoms with Crippen molar-refractivity contribution < 1.29 is 9.53 Å². The standard InChI is InChI=1S/C19H20O2/c1-2-3-4-8-15-21-19(20)18-13-11-17(12-14-18)16-9-6-5-7-10-16/h5-15H,2-4H2,1H3/b15-8+. The van der Waals surface area contributed by atoms with Crippen LogP contribution in [0, 0.1) is 0 Å². The molecule has 21 heavy (non-hydrogen) atoms. The molecule has 0 atom stereocenters. The molecule has 2 nitrogen and oxygen atoms in total. The predicted molar refractivity (Wildman–Crippen MR) is 86.0 cm³/mol. The summed E-state index contributed by atoms with van der Waals surface area (Å²) in [6.07, 6.45) is 6.57. The first-order valence-corrected chi connectivity index (χ1v) is 7.32. The number of ether oxygens (including phenoxy) is 1. The maximum Gasteiger partial charge on any atom is 0.342 e. The fourth-order valence-electron chi connectivity index (χ4n) is 2.00. The van der Waals surface area contributed by atoms with Crippen molar-refractivity contribution in [3.63, 3.8) is 0 Å². The maximum absolute atomic E-state index is 11.9. The average Bonchev–Trinajstić information content (AvgIpc) is 2.55. The Bertz CT molecular complexity index is 583. The van der Waals surface area contributed by atoms with Crippen LogP contribution in [0.4, 0.5) is 0 Å². The van der Waals surface area contributed by atoms with Crippen LogP contribution in [0.15, 0.2) is 66.9 Å². The van der Waals surface area contributed by atoms with Gasteiger partial charge in [0.15, 0.2) is 0 Å². The van der Waals surface area contributed by atoms with Crippen LogP contribution in [-0.4, -0.2) is 5.97 Å². The molecule has 108 valence electrons. The molecular formula is C19H20O2. The second-order valence-electron chi connectivity index (χ2n) is 4.86. The number of esters is 1. The number of hydrogen-bond donors (Lipinski definition) is 0. The first-order chi connectivity index (χ1) is 10.3. The fourth-order valence-corrected chi connectivity index (χ4v) is 2.00. The molecule has 0 saturated heterocycles. The Morgan fingerprint density at radius 3 is 2.33 bits per heavy atom. The summed E-state index contributed by atoms with van der Waals surface area (Å²) in [4.78, 5) is 11.9. The lowest BCUT2D eigenvalue weighted by atomic mass is 10.0. The Labute approximate surface area is 126 Å². The number of carbonyl (C=O) groups excluding carboxylic acids is 1. The second kappa shape index (κ2) is 8.05. The van der Waals surface area contributed by atoms with Gasteiger partial charge >= 0.3 is 5.97 Å². The van der Waals surface area contributed by atoms with Gasteiger partial charge in [0.05, 0.1) is 11.8 Å². The largest absolute Gasteiger partial charge is 0.431 e. The molecule has 0 fully saturated rings. The van der Waals surface area contributed by atoms with Crippen molar-refractivity contribution in [3.8, 4) is 11.1 Å². The van der Waals surface area contributed by atoms with Crippen LogP contribution in [0.3, 0.4) is 0 Å². The molecule has 0 amide bonds. The number of rotatable bonds is 6. The van der Waals surface area contributed by atoms with Gasteiger partial charge in [0, 0.05) is 0 Å². The maximum atomic E-state index is 11.9. The second-order valence-corrected chi connectivity index (χ2v) is 4.86. The van der Waals surface area contributed by atoms with Gasteiger partial charge in [-0.15, -0.1) is 0 Å². The Balaban J connectivity index is 1.96. The molecule has 0 aliphatic heterocycles. The molecule has 0 radical (unpaired) electrons. The Kier molecular flexibility index (Phi) is 5.77. The number of unbranched alkanes of at least 4 members (excludes halogenated alkanes) is 2. The minimum Gasteiger partial charge on any atom is -0.431 e. The highest BCUT2D eigenvalue weighted by molar-refractivity contribution is 5.90. The van der Waals surface area contributed by atoms with Crippen molar-refractivity contribution in [1.82, 2.24) is 0 Å². The van der Waals surface area contributed by atoms with E-state index in [0.29, 0.717) is 5.56 Å². The van der Waals surface area contributed by atoms with Gasteiger partial charge in [0.25, 0.3) is 0 Å². The minimum absolute atomic E-state index is 0.317. The quantitative estimate of drug-likeness (QED) is 0.412. The van der Waals surface area contributed by atoms with Crippen LogP contribution in [0.5, 0.6) is 0 Å². The molecule has 0 saturated carbocycles. The van der Waals surface area contributed by atoms with Crippen molar-refractivity contribution in [2.45, 2.75) is 26.2 Å². The minimum atomic E-state index is -0.317. The molecular weight excluding hydrogens is 260 g/mol. The van der Waals surface area contributed by atoms with Gasteiger partial charge in [-0.05, 0) is 42.2 Å². The molecule has 2 aromatic rings. The Morgan fingerprint density at radius 2 is 1.67 bits per heavy atom. The molecule has 0 aliphatic rings. The molecule has 0 heterocycles. The van der Waals surface area contributed by atoms with Crippen LogP contribution in [0.25, 0.3) is 11.1 Å². The van der Waals surface area contributed by atoms with E-state index in [4.69, 9.17) is 4.74 Å². The van der Waals surface area contributed by atoms with Crippen LogP contribution >= 0.6 is 0 Å². The third kappa shape index (κ3) is 4.60. The molecule has 0 aliphatic carbocycles. The monoisotopic (exact) mass is 280 g/mol. The van der Waals surface area contributed by atoms with Crippen molar-refractivity contribution >= 4 is 5.97 Å². The molecule has 2 heteroatoms. The molecule has 0 bridgehead atoms. The highest BCUT2D eigenvalue weighted by atomic mass is 16.5. The number of carbonyl (C=O) groups is 1. The number of allylic oxidation sites excluding steroid dienone is 1. The number of benzene rings is 2. The SMILES string of the molecule is CCCC/C=C/OC(=O)c1ccc(-c2ccccc2)cc1. The van der Waals surface area contributed by atoms with Crippen molar-refractivity contribution in [2.75, 3.05) is 0 Å². The summed E-state index contributed by atoms with van der Waals surface area (Å²) in [6.45, 7) is 2.13. The van der Waals surface area contributed by atoms with Gasteiger partial charge in [-0.1, -0.05) is 55.8 Å². The van der Waals surface area contributed by atoms with E-state index in [-0.39, 0.29) is 5.97 Å². The van der Waals surface area contributed by atoms with Gasteiger partial charge in [-0.25, -0.2) is 4.79 Å². The van der Waals surface area contributed by atoms with Gasteiger partial charge in [-0.2, -0.15) is 0 Å². The van der Waals surface area contributed by atoms with E-state index in [1.54, 1.807) is 12.1 Å². The van der Waals surface area contributed by atoms with E-state index in [0.717, 1.165) is 30.4 Å². The highest BCUT2D eigenvalue weighted by Crippen LogP contribution is 2.19. The van der Waals surface area contributed by atoms with Crippen LogP contribution < -0.4 is 0 Å². The Hall–Kier alpha value is -2.35. The zero-order valence-electron chi connectivity index (χ0n) is 12.3. The van der Waals surface area contributed by atoms with Gasteiger partial charge < -0.3 is 4.74 Å². The average molecular weight is 280 g/mol. The highest BCUT2D eigenvalue weighted by Gasteiger charge is 2.05. The molecule has 0 unspecified atom stereocenters. The summed E-state index contributed by atoms with van der Waals surface area (Å²) in [6, 6.07) is 17.5. The lowest BCUT2D eigenvalue weighted by Gasteiger charge is -2.03. The summed E-state index contributed by atoms with van der Waals surface area (Å²) >= 11 is 0. The van der Waals surface area contributed by atoms with Gasteiger partial charge in [0.2, 0.25) is 0 Å². The van der Waals surface area contributed by atoms with E-state index >= 15 is 0 Å². The van der Waals surface area contributed by atoms with E-state index in [2.05, 4.69) is 6.92 Å². The van der Waals surface area contributed by atoms with Crippen molar-refractivity contribution in [2.24, 2.45) is 0 Å². The summed E-state index contributed by atoms with van der Waals surface area (Å²) in [5.41, 5.74) is 2.79. The zero-order valence-corrected chi connectivity index (χ0v) is 12.3. The molecule has 0 aromatic heterocycles. The van der Waals surface area contributed by atoms with Gasteiger partial charge in [-0.3, -0.25) is 0 Å². The fraction of sp³-hybridized carbons (Fsp3) is 0.211. The van der Waals surface area contributed by atoms with Crippen molar-refractivity contribution in [1.29, 1.82) is 0 Å². The molecule has 0 N–H and O–H groups in total. The smallest absolute Gasteiger partial charge is 0.342 e. The first-order valence-electron chi connectivity index (χ1n) is 7.32. The topological polar surface area (TPSA) is 26.3 Å².